The monoisotopic (exact) mass is 294 g/mol. The summed E-state index contributed by atoms with van der Waals surface area (Å²) >= 11 is 0. The first-order valence-electron chi connectivity index (χ1n) is 7.96. The minimum atomic E-state index is 0.234. The predicted molar refractivity (Wildman–Crippen MR) is 83.7 cm³/mol. The maximum Gasteiger partial charge on any atom is 0.188 e. The van der Waals surface area contributed by atoms with Gasteiger partial charge in [-0.3, -0.25) is 4.90 Å². The number of nitrogens with zero attached hydrogens (tertiary/aromatic N) is 5. The Morgan fingerprint density at radius 3 is 2.57 bits per heavy atom. The van der Waals surface area contributed by atoms with Crippen LogP contribution in [0.1, 0.15) is 46.9 Å². The Labute approximate surface area is 128 Å². The summed E-state index contributed by atoms with van der Waals surface area (Å²) in [6.07, 6.45) is 1.21. The van der Waals surface area contributed by atoms with Gasteiger partial charge in [0.05, 0.1) is 13.6 Å². The number of rotatable bonds is 4. The molecule has 1 aliphatic heterocycles. The quantitative estimate of drug-likeness (QED) is 0.910. The molecule has 1 aliphatic rings. The van der Waals surface area contributed by atoms with Gasteiger partial charge in [0.1, 0.15) is 0 Å². The maximum absolute atomic E-state index is 4.34. The molecule has 0 spiro atoms. The molecule has 6 nitrogen and oxygen atoms in total. The van der Waals surface area contributed by atoms with Gasteiger partial charge in [0.25, 0.3) is 0 Å². The van der Waals surface area contributed by atoms with E-state index in [1.54, 1.807) is 0 Å². The molecule has 1 fully saturated rings. The van der Waals surface area contributed by atoms with Gasteiger partial charge in [-0.25, -0.2) is 0 Å². The molecule has 0 saturated carbocycles. The lowest BCUT2D eigenvalue weighted by molar-refractivity contribution is 0.0432. The molecule has 0 aromatic carbocycles. The van der Waals surface area contributed by atoms with Crippen molar-refractivity contribution in [3.63, 3.8) is 0 Å². The topological polar surface area (TPSA) is 58.9 Å². The molecule has 0 radical (unpaired) electrons. The van der Waals surface area contributed by atoms with Gasteiger partial charge in [-0.15, -0.1) is 10.2 Å². The van der Waals surface area contributed by atoms with Crippen molar-refractivity contribution in [1.29, 1.82) is 0 Å². The Morgan fingerprint density at radius 2 is 2.05 bits per heavy atom. The highest BCUT2D eigenvalue weighted by Gasteiger charge is 2.36. The fraction of sp³-hybridized carbons (Fsp3) is 0.933. The van der Waals surface area contributed by atoms with E-state index in [4.69, 9.17) is 0 Å². The van der Waals surface area contributed by atoms with Gasteiger partial charge in [-0.05, 0) is 23.0 Å². The average Bonchev–Trinajstić information content (AvgIpc) is 2.72. The van der Waals surface area contributed by atoms with Crippen LogP contribution in [0.4, 0.5) is 0 Å². The Balaban J connectivity index is 2.09. The molecular formula is C15H30N6. The Hall–Kier alpha value is -1.01. The lowest BCUT2D eigenvalue weighted by Crippen LogP contribution is -2.60. The van der Waals surface area contributed by atoms with Crippen LogP contribution in [-0.2, 0) is 13.6 Å². The van der Waals surface area contributed by atoms with E-state index in [0.29, 0.717) is 18.0 Å². The molecule has 1 N–H and O–H groups in total. The first kappa shape index (κ1) is 16.4. The van der Waals surface area contributed by atoms with Gasteiger partial charge in [0.2, 0.25) is 0 Å². The highest BCUT2D eigenvalue weighted by atomic mass is 15.6. The van der Waals surface area contributed by atoms with Crippen LogP contribution in [0.15, 0.2) is 0 Å². The molecule has 0 bridgehead atoms. The van der Waals surface area contributed by atoms with Crippen LogP contribution in [0.5, 0.6) is 0 Å². The van der Waals surface area contributed by atoms with Gasteiger partial charge < -0.3 is 5.32 Å². The fourth-order valence-corrected chi connectivity index (χ4v) is 3.21. The standard InChI is InChI=1S/C15H30N6/c1-11(2)7-12-9-21(10-14-17-19-20(6)18-14)13(8-16-12)15(3,4)5/h11-13,16H,7-10H2,1-6H3. The first-order valence-corrected chi connectivity index (χ1v) is 7.96. The number of nitrogens with one attached hydrogen (secondary N) is 1. The summed E-state index contributed by atoms with van der Waals surface area (Å²) in [7, 11) is 1.82. The second-order valence-electron chi connectivity index (χ2n) is 7.74. The minimum Gasteiger partial charge on any atom is -0.311 e. The van der Waals surface area contributed by atoms with Crippen LogP contribution in [-0.4, -0.2) is 50.3 Å². The van der Waals surface area contributed by atoms with Crippen molar-refractivity contribution in [2.24, 2.45) is 18.4 Å². The number of aryl methyl sites for hydroxylation is 1. The second-order valence-corrected chi connectivity index (χ2v) is 7.74. The van der Waals surface area contributed by atoms with Gasteiger partial charge in [0, 0.05) is 25.2 Å². The SMILES string of the molecule is CC(C)CC1CN(Cc2nnn(C)n2)C(C(C)(C)C)CN1. The Morgan fingerprint density at radius 1 is 1.33 bits per heavy atom. The van der Waals surface area contributed by atoms with Crippen LogP contribution < -0.4 is 5.32 Å². The third kappa shape index (κ3) is 4.48. The fourth-order valence-electron chi connectivity index (χ4n) is 3.21. The first-order chi connectivity index (χ1) is 9.75. The van der Waals surface area contributed by atoms with Crippen molar-refractivity contribution in [3.8, 4) is 0 Å². The Bertz CT molecular complexity index is 447. The molecule has 1 saturated heterocycles. The summed E-state index contributed by atoms with van der Waals surface area (Å²) in [6.45, 7) is 14.3. The smallest absolute Gasteiger partial charge is 0.188 e. The summed E-state index contributed by atoms with van der Waals surface area (Å²) in [5, 5.41) is 16.2. The van der Waals surface area contributed by atoms with Crippen LogP contribution in [0.3, 0.4) is 0 Å². The van der Waals surface area contributed by atoms with E-state index in [9.17, 15) is 0 Å². The molecule has 6 heteroatoms. The van der Waals surface area contributed by atoms with E-state index in [2.05, 4.69) is 60.2 Å². The van der Waals surface area contributed by atoms with E-state index in [1.807, 2.05) is 7.05 Å². The van der Waals surface area contributed by atoms with Crippen LogP contribution in [0.2, 0.25) is 0 Å². The zero-order valence-electron chi connectivity index (χ0n) is 14.3. The van der Waals surface area contributed by atoms with E-state index in [0.717, 1.165) is 25.5 Å². The van der Waals surface area contributed by atoms with E-state index in [1.165, 1.54) is 11.2 Å². The van der Waals surface area contributed by atoms with Crippen LogP contribution >= 0.6 is 0 Å². The van der Waals surface area contributed by atoms with E-state index in [-0.39, 0.29) is 5.41 Å². The molecule has 0 aliphatic carbocycles. The zero-order valence-corrected chi connectivity index (χ0v) is 14.3. The maximum atomic E-state index is 4.34. The number of hydrogen-bond acceptors (Lipinski definition) is 5. The largest absolute Gasteiger partial charge is 0.311 e. The van der Waals surface area contributed by atoms with Gasteiger partial charge in [0.15, 0.2) is 5.82 Å². The van der Waals surface area contributed by atoms with Crippen molar-refractivity contribution >= 4 is 0 Å². The zero-order chi connectivity index (χ0) is 15.6. The molecule has 2 atom stereocenters. The van der Waals surface area contributed by atoms with Crippen LogP contribution in [0, 0.1) is 11.3 Å². The third-order valence-corrected chi connectivity index (χ3v) is 4.15. The molecule has 2 heterocycles. The van der Waals surface area contributed by atoms with Crippen molar-refractivity contribution in [3.05, 3.63) is 5.82 Å². The summed E-state index contributed by atoms with van der Waals surface area (Å²) < 4.78 is 0. The molecule has 120 valence electrons. The third-order valence-electron chi connectivity index (χ3n) is 4.15. The highest BCUT2D eigenvalue weighted by molar-refractivity contribution is 4.94. The minimum absolute atomic E-state index is 0.234. The van der Waals surface area contributed by atoms with Crippen molar-refractivity contribution in [2.75, 3.05) is 13.1 Å². The summed E-state index contributed by atoms with van der Waals surface area (Å²) in [5.41, 5.74) is 0.234. The molecule has 2 rings (SSSR count). The number of hydrogen-bond donors (Lipinski definition) is 1. The Kier molecular flexibility index (Phi) is 4.99. The lowest BCUT2D eigenvalue weighted by Gasteiger charge is -2.46. The summed E-state index contributed by atoms with van der Waals surface area (Å²) in [6, 6.07) is 1.05. The highest BCUT2D eigenvalue weighted by Crippen LogP contribution is 2.28. The average molecular weight is 294 g/mol. The van der Waals surface area contributed by atoms with E-state index >= 15 is 0 Å². The van der Waals surface area contributed by atoms with Crippen molar-refractivity contribution in [2.45, 2.75) is 59.7 Å². The molecule has 0 amide bonds. The second kappa shape index (κ2) is 6.40. The summed E-state index contributed by atoms with van der Waals surface area (Å²) in [4.78, 5) is 4.07. The summed E-state index contributed by atoms with van der Waals surface area (Å²) in [5.74, 6) is 1.53. The normalized spacial score (nSPS) is 24.7. The van der Waals surface area contributed by atoms with Gasteiger partial charge in [-0.1, -0.05) is 34.6 Å². The van der Waals surface area contributed by atoms with Gasteiger partial charge >= 0.3 is 0 Å². The predicted octanol–water partition coefficient (Wildman–Crippen LogP) is 1.44. The molecule has 21 heavy (non-hydrogen) atoms. The number of piperazine rings is 1. The number of tetrazole rings is 1. The van der Waals surface area contributed by atoms with E-state index < -0.39 is 0 Å². The van der Waals surface area contributed by atoms with Crippen LogP contribution in [0.25, 0.3) is 0 Å². The van der Waals surface area contributed by atoms with Gasteiger partial charge in [-0.2, -0.15) is 4.80 Å². The van der Waals surface area contributed by atoms with Crippen molar-refractivity contribution in [1.82, 2.24) is 30.4 Å². The lowest BCUT2D eigenvalue weighted by atomic mass is 9.83. The molecule has 2 unspecified atom stereocenters. The number of aromatic nitrogens is 4. The van der Waals surface area contributed by atoms with Crippen molar-refractivity contribution < 1.29 is 0 Å². The molecular weight excluding hydrogens is 264 g/mol. The molecule has 1 aromatic rings. The molecule has 1 aromatic heterocycles.